The largest absolute Gasteiger partial charge is 0.389 e. The molecule has 0 aliphatic carbocycles. The Bertz CT molecular complexity index is 562. The topological polar surface area (TPSA) is 54.4 Å². The molecule has 0 aliphatic rings. The van der Waals surface area contributed by atoms with E-state index in [1.165, 1.54) is 4.88 Å². The molecule has 0 fully saturated rings. The first-order valence-corrected chi connectivity index (χ1v) is 8.47. The molecule has 2 rings (SSSR count). The Kier molecular flexibility index (Phi) is 6.63. The number of aryl methyl sites for hydroxylation is 1. The van der Waals surface area contributed by atoms with Crippen LogP contribution < -0.4 is 5.32 Å². The molecule has 4 nitrogen and oxygen atoms in total. The van der Waals surface area contributed by atoms with Crippen molar-refractivity contribution < 1.29 is 9.84 Å². The Morgan fingerprint density at radius 2 is 2.24 bits per heavy atom. The Balaban J connectivity index is 1.63. The number of anilines is 1. The van der Waals surface area contributed by atoms with E-state index in [2.05, 4.69) is 26.2 Å². The SMILES string of the molecule is Cc1ncsc1CCOCC(O)CNc1ccccc1Br. The van der Waals surface area contributed by atoms with E-state index in [0.717, 1.165) is 22.3 Å². The predicted octanol–water partition coefficient (Wildman–Crippen LogP) is 3.25. The van der Waals surface area contributed by atoms with Crippen molar-refractivity contribution in [3.63, 3.8) is 0 Å². The van der Waals surface area contributed by atoms with Crippen LogP contribution in [0.4, 0.5) is 5.69 Å². The maximum Gasteiger partial charge on any atom is 0.0945 e. The van der Waals surface area contributed by atoms with E-state index < -0.39 is 6.10 Å². The van der Waals surface area contributed by atoms with Crippen LogP contribution in [0.2, 0.25) is 0 Å². The number of nitrogens with one attached hydrogen (secondary N) is 1. The number of aliphatic hydroxyl groups excluding tert-OH is 1. The van der Waals surface area contributed by atoms with Crippen molar-refractivity contribution in [3.8, 4) is 0 Å². The zero-order valence-corrected chi connectivity index (χ0v) is 14.3. The Hall–Kier alpha value is -0.950. The van der Waals surface area contributed by atoms with Crippen molar-refractivity contribution >= 4 is 33.0 Å². The Labute approximate surface area is 137 Å². The second kappa shape index (κ2) is 8.48. The van der Waals surface area contributed by atoms with Crippen LogP contribution in [0, 0.1) is 6.92 Å². The predicted molar refractivity (Wildman–Crippen MR) is 90.0 cm³/mol. The molecule has 0 aliphatic heterocycles. The minimum absolute atomic E-state index is 0.329. The van der Waals surface area contributed by atoms with Crippen LogP contribution in [0.15, 0.2) is 34.2 Å². The summed E-state index contributed by atoms with van der Waals surface area (Å²) in [6.07, 6.45) is 0.320. The molecule has 1 atom stereocenters. The molecule has 0 saturated carbocycles. The average molecular weight is 371 g/mol. The number of ether oxygens (including phenoxy) is 1. The van der Waals surface area contributed by atoms with Crippen LogP contribution >= 0.6 is 27.3 Å². The van der Waals surface area contributed by atoms with Gasteiger partial charge in [-0.1, -0.05) is 12.1 Å². The molecular weight excluding hydrogens is 352 g/mol. The van der Waals surface area contributed by atoms with Gasteiger partial charge in [0.05, 0.1) is 30.5 Å². The number of aromatic nitrogens is 1. The first kappa shape index (κ1) is 16.4. The average Bonchev–Trinajstić information content (AvgIpc) is 2.88. The van der Waals surface area contributed by atoms with Crippen LogP contribution in [-0.2, 0) is 11.2 Å². The number of thiazole rings is 1. The highest BCUT2D eigenvalue weighted by Gasteiger charge is 2.06. The maximum atomic E-state index is 9.90. The molecule has 6 heteroatoms. The van der Waals surface area contributed by atoms with Crippen LogP contribution in [0.1, 0.15) is 10.6 Å². The summed E-state index contributed by atoms with van der Waals surface area (Å²) in [6, 6.07) is 7.83. The normalized spacial score (nSPS) is 12.3. The third-order valence-electron chi connectivity index (χ3n) is 3.03. The highest BCUT2D eigenvalue weighted by Crippen LogP contribution is 2.20. The van der Waals surface area contributed by atoms with Gasteiger partial charge in [-0.05, 0) is 35.0 Å². The molecule has 1 aromatic carbocycles. The van der Waals surface area contributed by atoms with Crippen LogP contribution in [0.3, 0.4) is 0 Å². The van der Waals surface area contributed by atoms with Gasteiger partial charge in [-0.2, -0.15) is 0 Å². The van der Waals surface area contributed by atoms with Crippen molar-refractivity contribution in [2.24, 2.45) is 0 Å². The maximum absolute atomic E-state index is 9.90. The van der Waals surface area contributed by atoms with Crippen molar-refractivity contribution in [2.45, 2.75) is 19.4 Å². The lowest BCUT2D eigenvalue weighted by atomic mass is 10.3. The second-order valence-electron chi connectivity index (χ2n) is 4.70. The highest BCUT2D eigenvalue weighted by molar-refractivity contribution is 9.10. The fourth-order valence-corrected chi connectivity index (χ4v) is 3.03. The van der Waals surface area contributed by atoms with Gasteiger partial charge in [0.25, 0.3) is 0 Å². The first-order chi connectivity index (χ1) is 10.2. The van der Waals surface area contributed by atoms with Crippen molar-refractivity contribution in [2.75, 3.05) is 25.1 Å². The molecule has 1 aromatic heterocycles. The lowest BCUT2D eigenvalue weighted by molar-refractivity contribution is 0.0449. The Morgan fingerprint density at radius 3 is 2.95 bits per heavy atom. The summed E-state index contributed by atoms with van der Waals surface area (Å²) < 4.78 is 6.50. The number of nitrogens with zero attached hydrogens (tertiary/aromatic N) is 1. The van der Waals surface area contributed by atoms with Crippen molar-refractivity contribution in [1.82, 2.24) is 4.98 Å². The monoisotopic (exact) mass is 370 g/mol. The zero-order valence-electron chi connectivity index (χ0n) is 11.9. The molecular formula is C15H19BrN2O2S. The summed E-state index contributed by atoms with van der Waals surface area (Å²) in [7, 11) is 0. The van der Waals surface area contributed by atoms with Gasteiger partial charge in [0, 0.05) is 28.0 Å². The molecule has 21 heavy (non-hydrogen) atoms. The van der Waals surface area contributed by atoms with Gasteiger partial charge < -0.3 is 15.2 Å². The van der Waals surface area contributed by atoms with Crippen LogP contribution in [0.25, 0.3) is 0 Å². The van der Waals surface area contributed by atoms with E-state index in [9.17, 15) is 5.11 Å². The van der Waals surface area contributed by atoms with E-state index in [1.54, 1.807) is 11.3 Å². The van der Waals surface area contributed by atoms with Crippen molar-refractivity contribution in [1.29, 1.82) is 0 Å². The summed E-state index contributed by atoms with van der Waals surface area (Å²) in [4.78, 5) is 5.45. The molecule has 0 saturated heterocycles. The van der Waals surface area contributed by atoms with E-state index in [-0.39, 0.29) is 0 Å². The number of halogens is 1. The second-order valence-corrected chi connectivity index (χ2v) is 6.49. The summed E-state index contributed by atoms with van der Waals surface area (Å²) >= 11 is 5.11. The van der Waals surface area contributed by atoms with Gasteiger partial charge in [0.15, 0.2) is 0 Å². The molecule has 2 N–H and O–H groups in total. The third kappa shape index (κ3) is 5.39. The van der Waals surface area contributed by atoms with E-state index in [1.807, 2.05) is 36.7 Å². The minimum Gasteiger partial charge on any atom is -0.389 e. The number of benzene rings is 1. The van der Waals surface area contributed by atoms with Crippen LogP contribution in [-0.4, -0.2) is 36.0 Å². The van der Waals surface area contributed by atoms with E-state index in [0.29, 0.717) is 19.8 Å². The molecule has 0 radical (unpaired) electrons. The third-order valence-corrected chi connectivity index (χ3v) is 4.72. The van der Waals surface area contributed by atoms with Crippen molar-refractivity contribution in [3.05, 3.63) is 44.8 Å². The summed E-state index contributed by atoms with van der Waals surface area (Å²) in [5.74, 6) is 0. The molecule has 0 amide bonds. The fourth-order valence-electron chi connectivity index (χ4n) is 1.84. The summed E-state index contributed by atoms with van der Waals surface area (Å²) in [6.45, 7) is 3.40. The summed E-state index contributed by atoms with van der Waals surface area (Å²) in [5.41, 5.74) is 3.89. The van der Waals surface area contributed by atoms with Gasteiger partial charge in [-0.15, -0.1) is 11.3 Å². The number of hydrogen-bond acceptors (Lipinski definition) is 5. The summed E-state index contributed by atoms with van der Waals surface area (Å²) in [5, 5.41) is 13.1. The molecule has 0 spiro atoms. The van der Waals surface area contributed by atoms with E-state index >= 15 is 0 Å². The highest BCUT2D eigenvalue weighted by atomic mass is 79.9. The first-order valence-electron chi connectivity index (χ1n) is 6.80. The van der Waals surface area contributed by atoms with Gasteiger partial charge in [0.1, 0.15) is 0 Å². The number of hydrogen-bond donors (Lipinski definition) is 2. The molecule has 2 aromatic rings. The number of aliphatic hydroxyl groups is 1. The number of rotatable bonds is 8. The smallest absolute Gasteiger partial charge is 0.0945 e. The van der Waals surface area contributed by atoms with Gasteiger partial charge in [-0.25, -0.2) is 4.98 Å². The van der Waals surface area contributed by atoms with Gasteiger partial charge in [0.2, 0.25) is 0 Å². The molecule has 0 bridgehead atoms. The van der Waals surface area contributed by atoms with Gasteiger partial charge >= 0.3 is 0 Å². The van der Waals surface area contributed by atoms with Gasteiger partial charge in [-0.3, -0.25) is 0 Å². The van der Waals surface area contributed by atoms with Crippen LogP contribution in [0.5, 0.6) is 0 Å². The molecule has 1 unspecified atom stereocenters. The minimum atomic E-state index is -0.528. The lowest BCUT2D eigenvalue weighted by Gasteiger charge is -2.14. The fraction of sp³-hybridized carbons (Fsp3) is 0.400. The quantitative estimate of drug-likeness (QED) is 0.700. The van der Waals surface area contributed by atoms with E-state index in [4.69, 9.17) is 4.74 Å². The lowest BCUT2D eigenvalue weighted by Crippen LogP contribution is -2.25. The molecule has 1 heterocycles. The standard InChI is InChI=1S/C15H19BrN2O2S/c1-11-15(21-10-18-11)6-7-20-9-12(19)8-17-14-5-3-2-4-13(14)16/h2-5,10,12,17,19H,6-9H2,1H3. The number of para-hydroxylation sites is 1. The molecule has 114 valence electrons. The Morgan fingerprint density at radius 1 is 1.43 bits per heavy atom. The zero-order chi connectivity index (χ0) is 15.1.